The molecule has 0 amide bonds. The third-order valence-corrected chi connectivity index (χ3v) is 10.8. The number of hydrogen-bond acceptors (Lipinski definition) is 4. The number of hydrogen-bond donors (Lipinski definition) is 0. The van der Waals surface area contributed by atoms with Crippen LogP contribution in [0, 0.1) is 0 Å². The number of rotatable bonds is 6. The first-order valence-corrected chi connectivity index (χ1v) is 18.9. The molecule has 0 spiro atoms. The molecule has 9 aromatic carbocycles. The Morgan fingerprint density at radius 3 is 1.80 bits per heavy atom. The van der Waals surface area contributed by atoms with Crippen LogP contribution in [0.25, 0.3) is 88.2 Å². The van der Waals surface area contributed by atoms with Crippen LogP contribution < -0.4 is 4.90 Å². The summed E-state index contributed by atoms with van der Waals surface area (Å²) in [6.45, 7) is 0. The molecule has 0 saturated heterocycles. The smallest absolute Gasteiger partial charge is 0.159 e. The number of aromatic nitrogens is 2. The second kappa shape index (κ2) is 13.1. The first-order chi connectivity index (χ1) is 27.8. The van der Waals surface area contributed by atoms with Gasteiger partial charge >= 0.3 is 0 Å². The standard InChI is InChI=1S/C52H33N3O/c1-4-15-34(16-5-1)49-50(35-17-6-2-7-18-35)54-51-40-29-27-36(33-37(40)28-31-45(51)53-49)39-30-32-46(42-22-11-10-21-41(39)42)55(38-19-8-3-9-20-38)47-25-14-24-44-43-23-12-13-26-48(43)56-52(44)47/h1-33H. The van der Waals surface area contributed by atoms with Crippen LogP contribution in [-0.2, 0) is 0 Å². The fourth-order valence-electron chi connectivity index (χ4n) is 8.23. The fourth-order valence-corrected chi connectivity index (χ4v) is 8.23. The maximum absolute atomic E-state index is 6.59. The molecule has 0 unspecified atom stereocenters. The molecule has 4 heteroatoms. The van der Waals surface area contributed by atoms with E-state index >= 15 is 0 Å². The Hall–Kier alpha value is -7.56. The van der Waals surface area contributed by atoms with Crippen molar-refractivity contribution < 1.29 is 4.42 Å². The highest BCUT2D eigenvalue weighted by Crippen LogP contribution is 2.46. The Balaban J connectivity index is 1.08. The maximum Gasteiger partial charge on any atom is 0.159 e. The fraction of sp³-hybridized carbons (Fsp3) is 0. The van der Waals surface area contributed by atoms with Gasteiger partial charge in [0.25, 0.3) is 0 Å². The van der Waals surface area contributed by atoms with Crippen LogP contribution in [0.3, 0.4) is 0 Å². The molecule has 0 aliphatic heterocycles. The lowest BCUT2D eigenvalue weighted by Crippen LogP contribution is -2.10. The van der Waals surface area contributed by atoms with Gasteiger partial charge in [-0.2, -0.15) is 0 Å². The molecule has 0 atom stereocenters. The predicted molar refractivity (Wildman–Crippen MR) is 233 cm³/mol. The zero-order valence-corrected chi connectivity index (χ0v) is 30.3. The van der Waals surface area contributed by atoms with Crippen LogP contribution in [0.5, 0.6) is 0 Å². The number of para-hydroxylation sites is 3. The van der Waals surface area contributed by atoms with Crippen molar-refractivity contribution in [1.29, 1.82) is 0 Å². The molecule has 0 bridgehead atoms. The Morgan fingerprint density at radius 1 is 0.393 bits per heavy atom. The van der Waals surface area contributed by atoms with E-state index in [1.54, 1.807) is 0 Å². The van der Waals surface area contributed by atoms with Crippen molar-refractivity contribution in [2.75, 3.05) is 4.90 Å². The lowest BCUT2D eigenvalue weighted by molar-refractivity contribution is 0.669. The van der Waals surface area contributed by atoms with Crippen LogP contribution in [0.15, 0.2) is 205 Å². The summed E-state index contributed by atoms with van der Waals surface area (Å²) in [6.07, 6.45) is 0. The minimum Gasteiger partial charge on any atom is -0.454 e. The molecule has 11 aromatic rings. The summed E-state index contributed by atoms with van der Waals surface area (Å²) in [4.78, 5) is 12.9. The quantitative estimate of drug-likeness (QED) is 0.161. The molecule has 11 rings (SSSR count). The van der Waals surface area contributed by atoms with Gasteiger partial charge in [-0.3, -0.25) is 0 Å². The van der Waals surface area contributed by atoms with Gasteiger partial charge in [0.15, 0.2) is 5.58 Å². The minimum absolute atomic E-state index is 0.863. The van der Waals surface area contributed by atoms with E-state index in [0.717, 1.165) is 99.8 Å². The Labute approximate surface area is 323 Å². The van der Waals surface area contributed by atoms with Gasteiger partial charge in [0.05, 0.1) is 33.8 Å². The number of anilines is 3. The van der Waals surface area contributed by atoms with E-state index in [0.29, 0.717) is 0 Å². The third kappa shape index (κ3) is 5.23. The second-order valence-electron chi connectivity index (χ2n) is 14.1. The molecule has 0 aliphatic rings. The van der Waals surface area contributed by atoms with Crippen molar-refractivity contribution in [3.05, 3.63) is 200 Å². The molecule has 2 aromatic heterocycles. The normalized spacial score (nSPS) is 11.6. The molecule has 0 aliphatic carbocycles. The van der Waals surface area contributed by atoms with Crippen LogP contribution in [0.1, 0.15) is 0 Å². The number of fused-ring (bicyclic) bond motifs is 7. The van der Waals surface area contributed by atoms with Crippen molar-refractivity contribution in [1.82, 2.24) is 9.97 Å². The molecule has 56 heavy (non-hydrogen) atoms. The Bertz CT molecular complexity index is 3250. The molecule has 262 valence electrons. The number of benzene rings is 9. The minimum atomic E-state index is 0.863. The first-order valence-electron chi connectivity index (χ1n) is 18.9. The van der Waals surface area contributed by atoms with Crippen LogP contribution in [-0.4, -0.2) is 9.97 Å². The van der Waals surface area contributed by atoms with Crippen molar-refractivity contribution >= 4 is 71.6 Å². The van der Waals surface area contributed by atoms with Crippen molar-refractivity contribution in [3.8, 4) is 33.6 Å². The summed E-state index contributed by atoms with van der Waals surface area (Å²) in [6, 6.07) is 70.2. The van der Waals surface area contributed by atoms with Gasteiger partial charge in [-0.25, -0.2) is 9.97 Å². The average molecular weight is 716 g/mol. The summed E-state index contributed by atoms with van der Waals surface area (Å²) in [5, 5.41) is 6.71. The molecule has 2 heterocycles. The monoisotopic (exact) mass is 715 g/mol. The molecular weight excluding hydrogens is 683 g/mol. The summed E-state index contributed by atoms with van der Waals surface area (Å²) >= 11 is 0. The summed E-state index contributed by atoms with van der Waals surface area (Å²) < 4.78 is 6.59. The van der Waals surface area contributed by atoms with E-state index in [1.807, 2.05) is 24.3 Å². The average Bonchev–Trinajstić information content (AvgIpc) is 3.66. The van der Waals surface area contributed by atoms with E-state index in [-0.39, 0.29) is 0 Å². The van der Waals surface area contributed by atoms with Crippen molar-refractivity contribution in [2.45, 2.75) is 0 Å². The predicted octanol–water partition coefficient (Wildman–Crippen LogP) is 14.3. The van der Waals surface area contributed by atoms with Crippen LogP contribution in [0.2, 0.25) is 0 Å². The Morgan fingerprint density at radius 2 is 1.04 bits per heavy atom. The van der Waals surface area contributed by atoms with Gasteiger partial charge in [-0.1, -0.05) is 158 Å². The van der Waals surface area contributed by atoms with Crippen LogP contribution in [0.4, 0.5) is 17.1 Å². The van der Waals surface area contributed by atoms with Gasteiger partial charge in [0, 0.05) is 38.4 Å². The maximum atomic E-state index is 6.59. The van der Waals surface area contributed by atoms with Crippen molar-refractivity contribution in [2.24, 2.45) is 0 Å². The summed E-state index contributed by atoms with van der Waals surface area (Å²) in [7, 11) is 0. The largest absolute Gasteiger partial charge is 0.454 e. The van der Waals surface area contributed by atoms with E-state index in [2.05, 4.69) is 181 Å². The lowest BCUT2D eigenvalue weighted by Gasteiger charge is -2.27. The van der Waals surface area contributed by atoms with Gasteiger partial charge in [-0.05, 0) is 64.4 Å². The topological polar surface area (TPSA) is 42.2 Å². The molecule has 0 saturated carbocycles. The lowest BCUT2D eigenvalue weighted by atomic mass is 9.94. The summed E-state index contributed by atoms with van der Waals surface area (Å²) in [5.41, 5.74) is 12.8. The van der Waals surface area contributed by atoms with Gasteiger partial charge in [-0.15, -0.1) is 0 Å². The SMILES string of the molecule is c1ccc(-c2nc3ccc4cc(-c5ccc(N(c6ccccc6)c6cccc7c6oc6ccccc67)c6ccccc56)ccc4c3nc2-c2ccccc2)cc1. The van der Waals surface area contributed by atoms with E-state index in [1.165, 1.54) is 5.39 Å². The molecule has 0 fully saturated rings. The number of nitrogens with zero attached hydrogens (tertiary/aromatic N) is 3. The Kier molecular flexibility index (Phi) is 7.46. The molecule has 4 nitrogen and oxygen atoms in total. The van der Waals surface area contributed by atoms with Gasteiger partial charge in [0.2, 0.25) is 0 Å². The molecule has 0 N–H and O–H groups in total. The van der Waals surface area contributed by atoms with E-state index < -0.39 is 0 Å². The first kappa shape index (κ1) is 31.9. The zero-order chi connectivity index (χ0) is 37.0. The van der Waals surface area contributed by atoms with Gasteiger partial charge < -0.3 is 9.32 Å². The molecular formula is C52H33N3O. The highest BCUT2D eigenvalue weighted by atomic mass is 16.3. The van der Waals surface area contributed by atoms with E-state index in [9.17, 15) is 0 Å². The molecule has 0 radical (unpaired) electrons. The second-order valence-corrected chi connectivity index (χ2v) is 14.1. The van der Waals surface area contributed by atoms with Crippen LogP contribution >= 0.6 is 0 Å². The zero-order valence-electron chi connectivity index (χ0n) is 30.3. The summed E-state index contributed by atoms with van der Waals surface area (Å²) in [5.74, 6) is 0. The van der Waals surface area contributed by atoms with Gasteiger partial charge in [0.1, 0.15) is 5.58 Å². The third-order valence-electron chi connectivity index (χ3n) is 10.8. The highest BCUT2D eigenvalue weighted by Gasteiger charge is 2.22. The highest BCUT2D eigenvalue weighted by molar-refractivity contribution is 6.13. The van der Waals surface area contributed by atoms with Crippen molar-refractivity contribution in [3.63, 3.8) is 0 Å². The number of furan rings is 1. The van der Waals surface area contributed by atoms with E-state index in [4.69, 9.17) is 14.4 Å².